The average Bonchev–Trinajstić information content (AvgIpc) is 2.30. The van der Waals surface area contributed by atoms with Gasteiger partial charge in [0.1, 0.15) is 0 Å². The average molecular weight is 248 g/mol. The third-order valence-electron chi connectivity index (χ3n) is 2.91. The van der Waals surface area contributed by atoms with Crippen LogP contribution < -0.4 is 0 Å². The van der Waals surface area contributed by atoms with Gasteiger partial charge in [0.2, 0.25) is 0 Å². The summed E-state index contributed by atoms with van der Waals surface area (Å²) in [5.41, 5.74) is 0. The third kappa shape index (κ3) is 3.43. The second-order valence-corrected chi connectivity index (χ2v) is 6.29. The van der Waals surface area contributed by atoms with Gasteiger partial charge >= 0.3 is 0 Å². The molecule has 0 aromatic carbocycles. The zero-order chi connectivity index (χ0) is 12.0. The van der Waals surface area contributed by atoms with Crippen LogP contribution in [0, 0.1) is 0 Å². The zero-order valence-corrected chi connectivity index (χ0v) is 11.3. The van der Waals surface area contributed by atoms with Crippen LogP contribution in [-0.4, -0.2) is 43.2 Å². The van der Waals surface area contributed by atoms with Gasteiger partial charge in [-0.25, -0.2) is 0 Å². The fourth-order valence-electron chi connectivity index (χ4n) is 2.10. The Labute approximate surface area is 99.8 Å². The van der Waals surface area contributed by atoms with Gasteiger partial charge in [-0.1, -0.05) is 20.3 Å². The smallest absolute Gasteiger partial charge is 0.195 e. The molecule has 1 saturated heterocycles. The topological polar surface area (TPSA) is 40.6 Å². The van der Waals surface area contributed by atoms with Gasteiger partial charge in [-0.2, -0.15) is 17.0 Å². The van der Waals surface area contributed by atoms with E-state index in [2.05, 4.69) is 0 Å². The van der Waals surface area contributed by atoms with E-state index in [9.17, 15) is 8.42 Å². The van der Waals surface area contributed by atoms with Crippen molar-refractivity contribution in [2.45, 2.75) is 46.0 Å². The monoisotopic (exact) mass is 248 g/mol. The fourth-order valence-corrected chi connectivity index (χ4v) is 3.97. The van der Waals surface area contributed by atoms with Crippen LogP contribution in [0.1, 0.15) is 46.0 Å². The van der Waals surface area contributed by atoms with Crippen molar-refractivity contribution >= 4 is 10.2 Å². The van der Waals surface area contributed by atoms with Gasteiger partial charge in [-0.3, -0.25) is 0 Å². The predicted molar refractivity (Wildman–Crippen MR) is 66.5 cm³/mol. The van der Waals surface area contributed by atoms with E-state index in [0.717, 1.165) is 32.1 Å². The molecule has 0 bridgehead atoms. The number of rotatable bonds is 6. The maximum Gasteiger partial charge on any atom is 0.281 e. The minimum atomic E-state index is -3.18. The van der Waals surface area contributed by atoms with Crippen molar-refractivity contribution in [2.75, 3.05) is 26.2 Å². The highest BCUT2D eigenvalue weighted by atomic mass is 32.2. The SMILES string of the molecule is CCCN(CCC)S(=O)(=O)N1CCCCC1. The molecule has 5 heteroatoms. The first-order valence-electron chi connectivity index (χ1n) is 6.38. The van der Waals surface area contributed by atoms with Crippen LogP contribution in [-0.2, 0) is 10.2 Å². The molecule has 1 rings (SSSR count). The summed E-state index contributed by atoms with van der Waals surface area (Å²) in [6.07, 6.45) is 4.93. The van der Waals surface area contributed by atoms with Crippen LogP contribution in [0.15, 0.2) is 0 Å². The first-order valence-corrected chi connectivity index (χ1v) is 7.77. The van der Waals surface area contributed by atoms with Crippen molar-refractivity contribution < 1.29 is 8.42 Å². The number of hydrogen-bond acceptors (Lipinski definition) is 2. The molecule has 4 nitrogen and oxygen atoms in total. The summed E-state index contributed by atoms with van der Waals surface area (Å²) in [6, 6.07) is 0. The van der Waals surface area contributed by atoms with E-state index in [0.29, 0.717) is 26.2 Å². The Morgan fingerprint density at radius 2 is 1.50 bits per heavy atom. The molecule has 0 aliphatic carbocycles. The van der Waals surface area contributed by atoms with Gasteiger partial charge in [-0.05, 0) is 25.7 Å². The van der Waals surface area contributed by atoms with E-state index >= 15 is 0 Å². The molecule has 1 fully saturated rings. The van der Waals surface area contributed by atoms with Crippen molar-refractivity contribution in [3.8, 4) is 0 Å². The van der Waals surface area contributed by atoms with Crippen molar-refractivity contribution in [1.82, 2.24) is 8.61 Å². The van der Waals surface area contributed by atoms with Crippen molar-refractivity contribution in [2.24, 2.45) is 0 Å². The standard InChI is InChI=1S/C11H24N2O2S/c1-3-8-12(9-4-2)16(14,15)13-10-6-5-7-11-13/h3-11H2,1-2H3. The second kappa shape index (κ2) is 6.57. The zero-order valence-electron chi connectivity index (χ0n) is 10.5. The molecule has 96 valence electrons. The molecule has 1 heterocycles. The number of hydrogen-bond donors (Lipinski definition) is 0. The van der Waals surface area contributed by atoms with Gasteiger partial charge in [0.25, 0.3) is 10.2 Å². The Morgan fingerprint density at radius 3 is 1.94 bits per heavy atom. The first kappa shape index (κ1) is 13.9. The first-order chi connectivity index (χ1) is 7.62. The van der Waals surface area contributed by atoms with Crippen LogP contribution in [0.25, 0.3) is 0 Å². The highest BCUT2D eigenvalue weighted by Crippen LogP contribution is 2.16. The molecule has 0 atom stereocenters. The van der Waals surface area contributed by atoms with Crippen LogP contribution in [0.3, 0.4) is 0 Å². The molecule has 0 saturated carbocycles. The summed E-state index contributed by atoms with van der Waals surface area (Å²) in [7, 11) is -3.18. The Kier molecular flexibility index (Phi) is 5.72. The van der Waals surface area contributed by atoms with Crippen LogP contribution in [0.2, 0.25) is 0 Å². The molecule has 0 N–H and O–H groups in total. The molecule has 1 aliphatic heterocycles. The normalized spacial score (nSPS) is 19.2. The maximum absolute atomic E-state index is 12.3. The van der Waals surface area contributed by atoms with Crippen molar-refractivity contribution in [3.05, 3.63) is 0 Å². The lowest BCUT2D eigenvalue weighted by Crippen LogP contribution is -2.46. The van der Waals surface area contributed by atoms with Crippen molar-refractivity contribution in [1.29, 1.82) is 0 Å². The lowest BCUT2D eigenvalue weighted by Gasteiger charge is -2.31. The second-order valence-electron chi connectivity index (χ2n) is 4.37. The Morgan fingerprint density at radius 1 is 1.00 bits per heavy atom. The lowest BCUT2D eigenvalue weighted by molar-refractivity contribution is 0.301. The lowest BCUT2D eigenvalue weighted by atomic mass is 10.2. The third-order valence-corrected chi connectivity index (χ3v) is 4.95. The molecule has 16 heavy (non-hydrogen) atoms. The van der Waals surface area contributed by atoms with Gasteiger partial charge in [0, 0.05) is 26.2 Å². The summed E-state index contributed by atoms with van der Waals surface area (Å²) in [4.78, 5) is 0. The van der Waals surface area contributed by atoms with Gasteiger partial charge in [0.15, 0.2) is 0 Å². The fraction of sp³-hybridized carbons (Fsp3) is 1.00. The molecular weight excluding hydrogens is 224 g/mol. The molecule has 1 aliphatic rings. The van der Waals surface area contributed by atoms with E-state index in [1.54, 1.807) is 8.61 Å². The molecule has 0 amide bonds. The predicted octanol–water partition coefficient (Wildman–Crippen LogP) is 1.84. The van der Waals surface area contributed by atoms with Crippen LogP contribution >= 0.6 is 0 Å². The highest BCUT2D eigenvalue weighted by molar-refractivity contribution is 7.86. The highest BCUT2D eigenvalue weighted by Gasteiger charge is 2.29. The molecular formula is C11H24N2O2S. The van der Waals surface area contributed by atoms with Gasteiger partial charge in [0.05, 0.1) is 0 Å². The van der Waals surface area contributed by atoms with Crippen LogP contribution in [0.4, 0.5) is 0 Å². The summed E-state index contributed by atoms with van der Waals surface area (Å²) < 4.78 is 27.9. The minimum Gasteiger partial charge on any atom is -0.195 e. The van der Waals surface area contributed by atoms with E-state index in [1.165, 1.54) is 0 Å². The summed E-state index contributed by atoms with van der Waals surface area (Å²) in [5, 5.41) is 0. The Bertz CT molecular complexity index is 278. The van der Waals surface area contributed by atoms with Gasteiger partial charge in [-0.15, -0.1) is 0 Å². The van der Waals surface area contributed by atoms with E-state index in [-0.39, 0.29) is 0 Å². The van der Waals surface area contributed by atoms with Crippen LogP contribution in [0.5, 0.6) is 0 Å². The quantitative estimate of drug-likeness (QED) is 0.719. The van der Waals surface area contributed by atoms with Crippen molar-refractivity contribution in [3.63, 3.8) is 0 Å². The maximum atomic E-state index is 12.3. The molecule has 0 unspecified atom stereocenters. The molecule has 0 spiro atoms. The van der Waals surface area contributed by atoms with E-state index in [1.807, 2.05) is 13.8 Å². The largest absolute Gasteiger partial charge is 0.281 e. The number of piperidine rings is 1. The molecule has 0 aromatic heterocycles. The molecule has 0 radical (unpaired) electrons. The summed E-state index contributed by atoms with van der Waals surface area (Å²) in [5.74, 6) is 0. The Hall–Kier alpha value is -0.130. The minimum absolute atomic E-state index is 0.646. The van der Waals surface area contributed by atoms with E-state index < -0.39 is 10.2 Å². The summed E-state index contributed by atoms with van der Waals surface area (Å²) in [6.45, 7) is 6.74. The van der Waals surface area contributed by atoms with E-state index in [4.69, 9.17) is 0 Å². The summed E-state index contributed by atoms with van der Waals surface area (Å²) >= 11 is 0. The molecule has 0 aromatic rings. The number of nitrogens with zero attached hydrogens (tertiary/aromatic N) is 2. The van der Waals surface area contributed by atoms with Gasteiger partial charge < -0.3 is 0 Å². The Balaban J connectivity index is 2.70.